The number of amides is 1. The number of rotatable bonds is 5. The number of nitrogens with one attached hydrogen (secondary N) is 1. The van der Waals surface area contributed by atoms with E-state index in [1.54, 1.807) is 24.3 Å². The molecule has 0 fully saturated rings. The molecular formula is C21H24FNO3. The van der Waals surface area contributed by atoms with E-state index >= 15 is 0 Å². The van der Waals surface area contributed by atoms with Gasteiger partial charge in [-0.15, -0.1) is 0 Å². The molecular weight excluding hydrogens is 333 g/mol. The second kappa shape index (κ2) is 8.13. The third-order valence-electron chi connectivity index (χ3n) is 4.13. The quantitative estimate of drug-likeness (QED) is 0.831. The van der Waals surface area contributed by atoms with Crippen molar-refractivity contribution in [2.75, 3.05) is 7.11 Å². The molecule has 2 aromatic carbocycles. The Hall–Kier alpha value is -2.69. The molecule has 1 amide bonds. The Morgan fingerprint density at radius 1 is 1.12 bits per heavy atom. The van der Waals surface area contributed by atoms with Crippen LogP contribution in [0, 0.1) is 5.82 Å². The van der Waals surface area contributed by atoms with Crippen LogP contribution in [-0.4, -0.2) is 25.0 Å². The van der Waals surface area contributed by atoms with E-state index in [0.29, 0.717) is 11.1 Å². The first-order chi connectivity index (χ1) is 12.2. The fraction of sp³-hybridized carbons (Fsp3) is 0.333. The lowest BCUT2D eigenvalue weighted by Crippen LogP contribution is -2.43. The van der Waals surface area contributed by atoms with Crippen LogP contribution in [0.4, 0.5) is 4.39 Å². The highest BCUT2D eigenvalue weighted by molar-refractivity contribution is 5.96. The Balaban J connectivity index is 2.14. The highest BCUT2D eigenvalue weighted by Crippen LogP contribution is 2.22. The summed E-state index contributed by atoms with van der Waals surface area (Å²) in [5, 5.41) is 2.67. The summed E-state index contributed by atoms with van der Waals surface area (Å²) in [7, 11) is 1.26. The summed E-state index contributed by atoms with van der Waals surface area (Å²) in [6, 6.07) is 12.3. The van der Waals surface area contributed by atoms with Gasteiger partial charge in [0.1, 0.15) is 11.9 Å². The van der Waals surface area contributed by atoms with Crippen molar-refractivity contribution in [3.63, 3.8) is 0 Å². The van der Waals surface area contributed by atoms with Crippen LogP contribution in [0.15, 0.2) is 48.5 Å². The molecule has 0 saturated heterocycles. The first kappa shape index (κ1) is 19.6. The molecule has 2 rings (SSSR count). The highest BCUT2D eigenvalue weighted by atomic mass is 19.1. The Bertz CT molecular complexity index is 779. The average molecular weight is 357 g/mol. The van der Waals surface area contributed by atoms with Crippen LogP contribution in [0.25, 0.3) is 0 Å². The van der Waals surface area contributed by atoms with Crippen LogP contribution in [0.5, 0.6) is 0 Å². The fourth-order valence-corrected chi connectivity index (χ4v) is 2.60. The average Bonchev–Trinajstić information content (AvgIpc) is 2.59. The predicted octanol–water partition coefficient (Wildman–Crippen LogP) is 3.64. The number of esters is 1. The molecule has 4 nitrogen and oxygen atoms in total. The standard InChI is InChI=1S/C21H24FNO3/c1-21(2,3)16-10-8-15(9-11-16)19(24)23-18(20(25)26-4)13-14-6-5-7-17(22)12-14/h5-12,18H,13H2,1-4H3,(H,23,24)/t18-/m0/s1. The predicted molar refractivity (Wildman–Crippen MR) is 98.5 cm³/mol. The summed E-state index contributed by atoms with van der Waals surface area (Å²) >= 11 is 0. The zero-order chi connectivity index (χ0) is 19.3. The Morgan fingerprint density at radius 3 is 2.31 bits per heavy atom. The zero-order valence-electron chi connectivity index (χ0n) is 15.5. The smallest absolute Gasteiger partial charge is 0.328 e. The Kier molecular flexibility index (Phi) is 6.14. The molecule has 0 unspecified atom stereocenters. The summed E-state index contributed by atoms with van der Waals surface area (Å²) in [5.74, 6) is -1.35. The molecule has 0 heterocycles. The molecule has 0 aliphatic heterocycles. The summed E-state index contributed by atoms with van der Waals surface area (Å²) < 4.78 is 18.1. The van der Waals surface area contributed by atoms with Crippen molar-refractivity contribution in [3.05, 3.63) is 71.0 Å². The third-order valence-corrected chi connectivity index (χ3v) is 4.13. The van der Waals surface area contributed by atoms with Gasteiger partial charge in [-0.3, -0.25) is 4.79 Å². The molecule has 0 saturated carbocycles. The molecule has 0 bridgehead atoms. The topological polar surface area (TPSA) is 55.4 Å². The molecule has 0 radical (unpaired) electrons. The molecule has 1 N–H and O–H groups in total. The van der Waals surface area contributed by atoms with Crippen molar-refractivity contribution in [2.45, 2.75) is 38.6 Å². The van der Waals surface area contributed by atoms with Gasteiger partial charge in [0.05, 0.1) is 7.11 Å². The molecule has 0 spiro atoms. The van der Waals surface area contributed by atoms with Crippen LogP contribution in [-0.2, 0) is 21.4 Å². The van der Waals surface area contributed by atoms with Gasteiger partial charge in [0.15, 0.2) is 0 Å². The number of halogens is 1. The van der Waals surface area contributed by atoms with E-state index in [4.69, 9.17) is 4.74 Å². The first-order valence-electron chi connectivity index (χ1n) is 8.44. The monoisotopic (exact) mass is 357 g/mol. The SMILES string of the molecule is COC(=O)[C@H](Cc1cccc(F)c1)NC(=O)c1ccc(C(C)(C)C)cc1. The van der Waals surface area contributed by atoms with Crippen molar-refractivity contribution in [2.24, 2.45) is 0 Å². The van der Waals surface area contributed by atoms with E-state index in [2.05, 4.69) is 26.1 Å². The molecule has 0 aromatic heterocycles. The van der Waals surface area contributed by atoms with Gasteiger partial charge in [0, 0.05) is 12.0 Å². The maximum absolute atomic E-state index is 13.4. The molecule has 0 aliphatic rings. The van der Waals surface area contributed by atoms with Crippen LogP contribution >= 0.6 is 0 Å². The van der Waals surface area contributed by atoms with Gasteiger partial charge in [-0.25, -0.2) is 9.18 Å². The molecule has 0 aliphatic carbocycles. The van der Waals surface area contributed by atoms with E-state index in [0.717, 1.165) is 5.56 Å². The van der Waals surface area contributed by atoms with E-state index in [-0.39, 0.29) is 17.7 Å². The number of carbonyl (C=O) groups is 2. The second-order valence-electron chi connectivity index (χ2n) is 7.21. The highest BCUT2D eigenvalue weighted by Gasteiger charge is 2.23. The van der Waals surface area contributed by atoms with Crippen molar-refractivity contribution >= 4 is 11.9 Å². The second-order valence-corrected chi connectivity index (χ2v) is 7.21. The maximum atomic E-state index is 13.4. The van der Waals surface area contributed by atoms with Gasteiger partial charge in [-0.2, -0.15) is 0 Å². The number of methoxy groups -OCH3 is 1. The van der Waals surface area contributed by atoms with Crippen molar-refractivity contribution in [1.29, 1.82) is 0 Å². The van der Waals surface area contributed by atoms with Crippen LogP contribution < -0.4 is 5.32 Å². The minimum absolute atomic E-state index is 0.0130. The normalized spacial score (nSPS) is 12.3. The van der Waals surface area contributed by atoms with Gasteiger partial charge in [0.2, 0.25) is 0 Å². The number of hydrogen-bond acceptors (Lipinski definition) is 3. The molecule has 1 atom stereocenters. The Labute approximate surface area is 153 Å². The summed E-state index contributed by atoms with van der Waals surface area (Å²) in [5.41, 5.74) is 2.15. The van der Waals surface area contributed by atoms with Crippen molar-refractivity contribution in [1.82, 2.24) is 5.32 Å². The van der Waals surface area contributed by atoms with Crippen LogP contribution in [0.3, 0.4) is 0 Å². The minimum Gasteiger partial charge on any atom is -0.467 e. The number of benzene rings is 2. The van der Waals surface area contributed by atoms with Gasteiger partial charge in [-0.1, -0.05) is 45.0 Å². The van der Waals surface area contributed by atoms with Gasteiger partial charge >= 0.3 is 5.97 Å². The lowest BCUT2D eigenvalue weighted by atomic mass is 9.86. The van der Waals surface area contributed by atoms with Crippen molar-refractivity contribution in [3.8, 4) is 0 Å². The fourth-order valence-electron chi connectivity index (χ4n) is 2.60. The van der Waals surface area contributed by atoms with E-state index in [1.807, 2.05) is 12.1 Å². The van der Waals surface area contributed by atoms with Crippen molar-refractivity contribution < 1.29 is 18.7 Å². The van der Waals surface area contributed by atoms with Crippen LogP contribution in [0.2, 0.25) is 0 Å². The van der Waals surface area contributed by atoms with Gasteiger partial charge < -0.3 is 10.1 Å². The first-order valence-corrected chi connectivity index (χ1v) is 8.44. The molecule has 5 heteroatoms. The minimum atomic E-state index is -0.892. The van der Waals surface area contributed by atoms with E-state index in [1.165, 1.54) is 19.2 Å². The maximum Gasteiger partial charge on any atom is 0.328 e. The van der Waals surface area contributed by atoms with Crippen LogP contribution in [0.1, 0.15) is 42.3 Å². The largest absolute Gasteiger partial charge is 0.467 e. The zero-order valence-corrected chi connectivity index (χ0v) is 15.5. The third kappa shape index (κ3) is 5.15. The summed E-state index contributed by atoms with van der Waals surface area (Å²) in [6.07, 6.45) is 0.149. The van der Waals surface area contributed by atoms with Gasteiger partial charge in [-0.05, 0) is 40.8 Å². The molecule has 26 heavy (non-hydrogen) atoms. The molecule has 2 aromatic rings. The number of hydrogen-bond donors (Lipinski definition) is 1. The lowest BCUT2D eigenvalue weighted by Gasteiger charge is -2.20. The van der Waals surface area contributed by atoms with E-state index in [9.17, 15) is 14.0 Å². The van der Waals surface area contributed by atoms with E-state index < -0.39 is 17.8 Å². The molecule has 138 valence electrons. The number of ether oxygens (including phenoxy) is 1. The number of carbonyl (C=O) groups excluding carboxylic acids is 2. The lowest BCUT2D eigenvalue weighted by molar-refractivity contribution is -0.142. The summed E-state index contributed by atoms with van der Waals surface area (Å²) in [4.78, 5) is 24.5. The summed E-state index contributed by atoms with van der Waals surface area (Å²) in [6.45, 7) is 6.27. The Morgan fingerprint density at radius 2 is 1.77 bits per heavy atom. The van der Waals surface area contributed by atoms with Gasteiger partial charge in [0.25, 0.3) is 5.91 Å².